The Morgan fingerprint density at radius 1 is 1.46 bits per heavy atom. The number of nitrogens with zero attached hydrogens (tertiary/aromatic N) is 2. The molecule has 0 fully saturated rings. The molecule has 0 saturated carbocycles. The molecular weight excluding hydrogens is 578 g/mol. The summed E-state index contributed by atoms with van der Waals surface area (Å²) in [5.41, 5.74) is 2.27. The minimum Gasteiger partial charge on any atom is -0.506 e. The lowest BCUT2D eigenvalue weighted by molar-refractivity contribution is 0.0526. The van der Waals surface area contributed by atoms with Crippen LogP contribution in [0.25, 0.3) is 0 Å². The average molecular weight is 596 g/mol. The van der Waals surface area contributed by atoms with Gasteiger partial charge in [-0.1, -0.05) is 0 Å². The van der Waals surface area contributed by atoms with E-state index in [-0.39, 0.29) is 11.7 Å². The van der Waals surface area contributed by atoms with Crippen LogP contribution in [0.5, 0.6) is 5.75 Å². The van der Waals surface area contributed by atoms with Gasteiger partial charge in [-0.3, -0.25) is 0 Å². The fraction of sp³-hybridized carbons (Fsp3) is 0.333. The van der Waals surface area contributed by atoms with Gasteiger partial charge in [0.1, 0.15) is 10.8 Å². The standard InChI is InChI=1S/C18H18I2N2O3S/c1-3-25-18(24)15-12-4-5-22(2)9-14(12)26-17(15)21-8-10-6-11(19)7-13(20)16(10)23/h6-8,23H,3-5,9H2,1-2H3/b21-8+. The van der Waals surface area contributed by atoms with E-state index in [0.29, 0.717) is 22.7 Å². The molecule has 2 aromatic rings. The number of aromatic hydroxyl groups is 1. The monoisotopic (exact) mass is 596 g/mol. The number of esters is 1. The molecule has 1 N–H and O–H groups in total. The highest BCUT2D eigenvalue weighted by atomic mass is 127. The molecule has 0 atom stereocenters. The highest BCUT2D eigenvalue weighted by Crippen LogP contribution is 2.39. The number of thiophene rings is 1. The highest BCUT2D eigenvalue weighted by Gasteiger charge is 2.27. The zero-order valence-corrected chi connectivity index (χ0v) is 19.5. The number of ether oxygens (including phenoxy) is 1. The first kappa shape index (κ1) is 20.0. The molecule has 1 aromatic heterocycles. The van der Waals surface area contributed by atoms with E-state index < -0.39 is 0 Å². The molecule has 0 unspecified atom stereocenters. The Hall–Kier alpha value is -0.720. The van der Waals surface area contributed by atoms with Crippen molar-refractivity contribution in [1.82, 2.24) is 4.90 Å². The molecule has 1 aromatic carbocycles. The van der Waals surface area contributed by atoms with Crippen LogP contribution >= 0.6 is 56.5 Å². The summed E-state index contributed by atoms with van der Waals surface area (Å²) in [7, 11) is 2.07. The van der Waals surface area contributed by atoms with E-state index in [9.17, 15) is 9.90 Å². The van der Waals surface area contributed by atoms with Crippen LogP contribution in [0, 0.1) is 7.14 Å². The molecule has 3 rings (SSSR count). The largest absolute Gasteiger partial charge is 0.506 e. The van der Waals surface area contributed by atoms with E-state index in [0.717, 1.165) is 37.1 Å². The third kappa shape index (κ3) is 4.23. The van der Waals surface area contributed by atoms with Crippen LogP contribution in [0.4, 0.5) is 5.00 Å². The third-order valence-electron chi connectivity index (χ3n) is 4.09. The van der Waals surface area contributed by atoms with Gasteiger partial charge in [-0.05, 0) is 83.3 Å². The number of halogens is 2. The molecule has 8 heteroatoms. The van der Waals surface area contributed by atoms with Crippen LogP contribution in [0.2, 0.25) is 0 Å². The zero-order valence-electron chi connectivity index (χ0n) is 14.4. The van der Waals surface area contributed by atoms with E-state index in [2.05, 4.69) is 62.1 Å². The van der Waals surface area contributed by atoms with Crippen molar-refractivity contribution in [2.75, 3.05) is 20.2 Å². The van der Waals surface area contributed by atoms with Crippen LogP contribution in [0.15, 0.2) is 17.1 Å². The minimum atomic E-state index is -0.317. The van der Waals surface area contributed by atoms with Gasteiger partial charge in [-0.25, -0.2) is 9.79 Å². The molecule has 0 bridgehead atoms. The molecule has 0 spiro atoms. The molecule has 5 nitrogen and oxygen atoms in total. The molecule has 1 aliphatic heterocycles. The highest BCUT2D eigenvalue weighted by molar-refractivity contribution is 14.1. The van der Waals surface area contributed by atoms with E-state index in [1.165, 1.54) is 11.3 Å². The van der Waals surface area contributed by atoms with Crippen LogP contribution in [-0.2, 0) is 17.7 Å². The molecule has 0 radical (unpaired) electrons. The minimum absolute atomic E-state index is 0.202. The Morgan fingerprint density at radius 2 is 2.23 bits per heavy atom. The number of hydrogen-bond acceptors (Lipinski definition) is 6. The molecule has 138 valence electrons. The van der Waals surface area contributed by atoms with E-state index in [4.69, 9.17) is 4.74 Å². The number of phenols is 1. The SMILES string of the molecule is CCOC(=O)c1c(/N=C/c2cc(I)cc(I)c2O)sc2c1CCN(C)C2. The first-order valence-electron chi connectivity index (χ1n) is 8.13. The number of rotatable bonds is 4. The lowest BCUT2D eigenvalue weighted by Crippen LogP contribution is -2.26. The second-order valence-electron chi connectivity index (χ2n) is 5.98. The van der Waals surface area contributed by atoms with Crippen molar-refractivity contribution in [3.63, 3.8) is 0 Å². The second-order valence-corrected chi connectivity index (χ2v) is 9.47. The predicted octanol–water partition coefficient (Wildman–Crippen LogP) is 4.58. The molecule has 0 saturated heterocycles. The third-order valence-corrected chi connectivity index (χ3v) is 6.66. The Labute approximate surface area is 183 Å². The predicted molar refractivity (Wildman–Crippen MR) is 121 cm³/mol. The molecule has 2 heterocycles. The summed E-state index contributed by atoms with van der Waals surface area (Å²) in [4.78, 5) is 20.5. The first-order valence-corrected chi connectivity index (χ1v) is 11.1. The van der Waals surface area contributed by atoms with Crippen LogP contribution in [0.1, 0.15) is 33.3 Å². The normalized spacial score (nSPS) is 14.6. The summed E-state index contributed by atoms with van der Waals surface area (Å²) in [6, 6.07) is 3.77. The van der Waals surface area contributed by atoms with E-state index >= 15 is 0 Å². The molecular formula is C18H18I2N2O3S. The number of benzene rings is 1. The van der Waals surface area contributed by atoms with Gasteiger partial charge in [0.25, 0.3) is 0 Å². The Morgan fingerprint density at radius 3 is 2.96 bits per heavy atom. The number of phenolic OH excluding ortho intramolecular Hbond substituents is 1. The quantitative estimate of drug-likeness (QED) is 0.319. The molecule has 0 aliphatic carbocycles. The van der Waals surface area contributed by atoms with Crippen LogP contribution < -0.4 is 0 Å². The molecule has 26 heavy (non-hydrogen) atoms. The van der Waals surface area contributed by atoms with Gasteiger partial charge < -0.3 is 14.7 Å². The van der Waals surface area contributed by atoms with Gasteiger partial charge in [-0.2, -0.15) is 0 Å². The molecule has 0 amide bonds. The van der Waals surface area contributed by atoms with Crippen LogP contribution in [0.3, 0.4) is 0 Å². The van der Waals surface area contributed by atoms with Gasteiger partial charge >= 0.3 is 5.97 Å². The Kier molecular flexibility index (Phi) is 6.57. The maximum atomic E-state index is 12.5. The Bertz CT molecular complexity index is 880. The summed E-state index contributed by atoms with van der Waals surface area (Å²) >= 11 is 5.83. The molecule has 1 aliphatic rings. The maximum absolute atomic E-state index is 12.5. The maximum Gasteiger partial charge on any atom is 0.341 e. The van der Waals surface area contributed by atoms with Gasteiger partial charge in [0.15, 0.2) is 0 Å². The summed E-state index contributed by atoms with van der Waals surface area (Å²) in [5, 5.41) is 10.9. The average Bonchev–Trinajstić information content (AvgIpc) is 2.94. The Balaban J connectivity index is 2.03. The van der Waals surface area contributed by atoms with Crippen molar-refractivity contribution in [2.45, 2.75) is 19.9 Å². The van der Waals surface area contributed by atoms with Crippen molar-refractivity contribution in [3.05, 3.63) is 40.8 Å². The topological polar surface area (TPSA) is 62.1 Å². The summed E-state index contributed by atoms with van der Waals surface area (Å²) < 4.78 is 7.05. The number of carbonyl (C=O) groups excluding carboxylic acids is 1. The fourth-order valence-electron chi connectivity index (χ4n) is 2.83. The van der Waals surface area contributed by atoms with Crippen molar-refractivity contribution in [2.24, 2.45) is 4.99 Å². The van der Waals surface area contributed by atoms with Crippen molar-refractivity contribution in [3.8, 4) is 5.75 Å². The lowest BCUT2D eigenvalue weighted by Gasteiger charge is -2.22. The van der Waals surface area contributed by atoms with Crippen molar-refractivity contribution < 1.29 is 14.6 Å². The van der Waals surface area contributed by atoms with Gasteiger partial charge in [0.05, 0.1) is 15.7 Å². The number of hydrogen-bond donors (Lipinski definition) is 1. The zero-order chi connectivity index (χ0) is 18.8. The van der Waals surface area contributed by atoms with E-state index in [1.807, 2.05) is 12.1 Å². The summed E-state index contributed by atoms with van der Waals surface area (Å²) in [6.07, 6.45) is 2.45. The number of aliphatic imine (C=N–C) groups is 1. The lowest BCUT2D eigenvalue weighted by atomic mass is 10.0. The van der Waals surface area contributed by atoms with Gasteiger partial charge in [-0.15, -0.1) is 11.3 Å². The van der Waals surface area contributed by atoms with Crippen molar-refractivity contribution in [1.29, 1.82) is 0 Å². The number of likely N-dealkylation sites (N-methyl/N-ethyl adjacent to an activating group) is 1. The number of fused-ring (bicyclic) bond motifs is 1. The smallest absolute Gasteiger partial charge is 0.341 e. The van der Waals surface area contributed by atoms with Gasteiger partial charge in [0, 0.05) is 33.3 Å². The van der Waals surface area contributed by atoms with Crippen LogP contribution in [-0.4, -0.2) is 42.4 Å². The van der Waals surface area contributed by atoms with Gasteiger partial charge in [0.2, 0.25) is 0 Å². The number of carbonyl (C=O) groups is 1. The second kappa shape index (κ2) is 8.53. The fourth-order valence-corrected chi connectivity index (χ4v) is 5.98. The summed E-state index contributed by atoms with van der Waals surface area (Å²) in [6.45, 7) is 3.87. The first-order chi connectivity index (χ1) is 12.4. The van der Waals surface area contributed by atoms with E-state index in [1.54, 1.807) is 13.1 Å². The summed E-state index contributed by atoms with van der Waals surface area (Å²) in [5.74, 6) is -0.114. The van der Waals surface area contributed by atoms with Crippen molar-refractivity contribution >= 4 is 73.7 Å².